The molecule has 0 amide bonds. The highest BCUT2D eigenvalue weighted by molar-refractivity contribution is 4.91. The van der Waals surface area contributed by atoms with Crippen molar-refractivity contribution in [2.45, 2.75) is 25.3 Å². The molecule has 2 rings (SSSR count). The summed E-state index contributed by atoms with van der Waals surface area (Å²) in [4.78, 5) is 2.44. The van der Waals surface area contributed by atoms with E-state index in [1.54, 1.807) is 0 Å². The van der Waals surface area contributed by atoms with Gasteiger partial charge in [0.15, 0.2) is 0 Å². The van der Waals surface area contributed by atoms with Gasteiger partial charge in [0.25, 0.3) is 0 Å². The van der Waals surface area contributed by atoms with Crippen molar-refractivity contribution in [1.29, 1.82) is 0 Å². The summed E-state index contributed by atoms with van der Waals surface area (Å²) < 4.78 is 0. The second kappa shape index (κ2) is 2.76. The predicted octanol–water partition coefficient (Wildman–Crippen LogP) is 0.675. The monoisotopic (exact) mass is 154 g/mol. The van der Waals surface area contributed by atoms with Crippen molar-refractivity contribution < 1.29 is 0 Å². The van der Waals surface area contributed by atoms with Crippen LogP contribution in [0.3, 0.4) is 0 Å². The van der Waals surface area contributed by atoms with Crippen LogP contribution in [0.5, 0.6) is 0 Å². The third kappa shape index (κ3) is 1.30. The first-order valence-electron chi connectivity index (χ1n) is 4.71. The molecule has 0 unspecified atom stereocenters. The van der Waals surface area contributed by atoms with Crippen LogP contribution in [0.15, 0.2) is 0 Å². The van der Waals surface area contributed by atoms with Crippen LogP contribution in [-0.2, 0) is 0 Å². The Bertz CT molecular complexity index is 132. The Hall–Kier alpha value is -0.0800. The molecular formula is C9H18N2. The third-order valence-electron chi connectivity index (χ3n) is 3.33. The van der Waals surface area contributed by atoms with Gasteiger partial charge in [-0.05, 0) is 31.7 Å². The fourth-order valence-corrected chi connectivity index (χ4v) is 2.71. The van der Waals surface area contributed by atoms with Crippen molar-refractivity contribution in [2.24, 2.45) is 17.6 Å². The molecule has 0 aromatic heterocycles. The molecule has 2 heteroatoms. The van der Waals surface area contributed by atoms with E-state index in [1.807, 2.05) is 0 Å². The van der Waals surface area contributed by atoms with E-state index in [0.717, 1.165) is 11.8 Å². The molecule has 1 aliphatic carbocycles. The highest BCUT2D eigenvalue weighted by atomic mass is 15.1. The zero-order chi connectivity index (χ0) is 7.84. The van der Waals surface area contributed by atoms with E-state index in [2.05, 4.69) is 11.9 Å². The second-order valence-corrected chi connectivity index (χ2v) is 4.25. The van der Waals surface area contributed by atoms with Crippen molar-refractivity contribution in [3.8, 4) is 0 Å². The molecule has 64 valence electrons. The molecule has 0 aromatic carbocycles. The van der Waals surface area contributed by atoms with Crippen LogP contribution >= 0.6 is 0 Å². The first-order valence-corrected chi connectivity index (χ1v) is 4.71. The van der Waals surface area contributed by atoms with Crippen molar-refractivity contribution in [3.05, 3.63) is 0 Å². The minimum absolute atomic E-state index is 0.514. The number of nitrogens with two attached hydrogens (primary N) is 1. The van der Waals surface area contributed by atoms with Crippen LogP contribution in [0, 0.1) is 11.8 Å². The lowest BCUT2D eigenvalue weighted by atomic mass is 9.74. The highest BCUT2D eigenvalue weighted by Gasteiger charge is 2.35. The van der Waals surface area contributed by atoms with Crippen molar-refractivity contribution >= 4 is 0 Å². The van der Waals surface area contributed by atoms with E-state index >= 15 is 0 Å². The van der Waals surface area contributed by atoms with Crippen LogP contribution < -0.4 is 5.73 Å². The fraction of sp³-hybridized carbons (Fsp3) is 1.00. The highest BCUT2D eigenvalue weighted by Crippen LogP contribution is 2.32. The van der Waals surface area contributed by atoms with E-state index in [9.17, 15) is 0 Å². The Morgan fingerprint density at radius 3 is 2.27 bits per heavy atom. The predicted molar refractivity (Wildman–Crippen MR) is 46.3 cm³/mol. The van der Waals surface area contributed by atoms with E-state index in [-0.39, 0.29) is 0 Å². The molecule has 2 nitrogen and oxygen atoms in total. The van der Waals surface area contributed by atoms with Gasteiger partial charge in [0, 0.05) is 19.1 Å². The van der Waals surface area contributed by atoms with Gasteiger partial charge in [-0.1, -0.05) is 6.42 Å². The molecule has 0 spiro atoms. The van der Waals surface area contributed by atoms with Gasteiger partial charge in [0.05, 0.1) is 0 Å². The lowest BCUT2D eigenvalue weighted by molar-refractivity contribution is 0.0817. The Kier molecular flexibility index (Phi) is 1.90. The summed E-state index contributed by atoms with van der Waals surface area (Å²) in [5.74, 6) is 1.60. The molecule has 0 aromatic rings. The minimum Gasteiger partial charge on any atom is -0.327 e. The summed E-state index contributed by atoms with van der Waals surface area (Å²) in [6, 6.07) is 0.514. The molecule has 2 aliphatic rings. The molecule has 1 aliphatic heterocycles. The van der Waals surface area contributed by atoms with Gasteiger partial charge < -0.3 is 10.6 Å². The van der Waals surface area contributed by atoms with Crippen LogP contribution in [0.1, 0.15) is 19.3 Å². The topological polar surface area (TPSA) is 29.3 Å². The number of fused-ring (bicyclic) bond motifs is 2. The maximum absolute atomic E-state index is 6.12. The summed E-state index contributed by atoms with van der Waals surface area (Å²) in [5, 5.41) is 0. The molecule has 1 heterocycles. The molecule has 2 atom stereocenters. The first-order chi connectivity index (χ1) is 5.27. The van der Waals surface area contributed by atoms with Gasteiger partial charge in [0.2, 0.25) is 0 Å². The standard InChI is InChI=1S/C9H18N2/c1-11-5-7-3-2-4-8(6-11)9(7)10/h7-9H,2-6,10H2,1H3/t7-,8-/m0/s1. The maximum atomic E-state index is 6.12. The summed E-state index contributed by atoms with van der Waals surface area (Å²) in [7, 11) is 2.22. The molecule has 0 radical (unpaired) electrons. The fourth-order valence-electron chi connectivity index (χ4n) is 2.71. The van der Waals surface area contributed by atoms with Gasteiger partial charge in [-0.15, -0.1) is 0 Å². The molecular weight excluding hydrogens is 136 g/mol. The van der Waals surface area contributed by atoms with E-state index in [4.69, 9.17) is 5.73 Å². The zero-order valence-corrected chi connectivity index (χ0v) is 7.29. The van der Waals surface area contributed by atoms with E-state index < -0.39 is 0 Å². The number of likely N-dealkylation sites (tertiary alicyclic amines) is 1. The number of piperidine rings is 1. The Balaban J connectivity index is 2.07. The molecule has 2 bridgehead atoms. The smallest absolute Gasteiger partial charge is 0.0120 e. The van der Waals surface area contributed by atoms with E-state index in [1.165, 1.54) is 32.4 Å². The largest absolute Gasteiger partial charge is 0.327 e. The van der Waals surface area contributed by atoms with Crippen LogP contribution in [0.2, 0.25) is 0 Å². The van der Waals surface area contributed by atoms with Crippen molar-refractivity contribution in [1.82, 2.24) is 4.90 Å². The summed E-state index contributed by atoms with van der Waals surface area (Å²) >= 11 is 0. The van der Waals surface area contributed by atoms with Gasteiger partial charge in [-0.3, -0.25) is 0 Å². The average Bonchev–Trinajstić information content (AvgIpc) is 1.92. The molecule has 2 N–H and O–H groups in total. The van der Waals surface area contributed by atoms with Crippen molar-refractivity contribution in [2.75, 3.05) is 20.1 Å². The SMILES string of the molecule is CN1C[C@@H]2CCC[C@@H](C1)C2N. The van der Waals surface area contributed by atoms with Crippen LogP contribution in [0.25, 0.3) is 0 Å². The second-order valence-electron chi connectivity index (χ2n) is 4.25. The number of rotatable bonds is 0. The maximum Gasteiger partial charge on any atom is 0.0120 e. The van der Waals surface area contributed by atoms with Gasteiger partial charge in [-0.25, -0.2) is 0 Å². The van der Waals surface area contributed by atoms with Gasteiger partial charge in [-0.2, -0.15) is 0 Å². The number of nitrogens with zero attached hydrogens (tertiary/aromatic N) is 1. The lowest BCUT2D eigenvalue weighted by Crippen LogP contribution is -2.53. The van der Waals surface area contributed by atoms with Crippen LogP contribution in [-0.4, -0.2) is 31.1 Å². The van der Waals surface area contributed by atoms with Crippen molar-refractivity contribution in [3.63, 3.8) is 0 Å². The zero-order valence-electron chi connectivity index (χ0n) is 7.29. The molecule has 1 saturated carbocycles. The third-order valence-corrected chi connectivity index (χ3v) is 3.33. The Morgan fingerprint density at radius 2 is 1.73 bits per heavy atom. The normalized spacial score (nSPS) is 45.8. The van der Waals surface area contributed by atoms with Gasteiger partial charge >= 0.3 is 0 Å². The quantitative estimate of drug-likeness (QED) is 0.556. The summed E-state index contributed by atoms with van der Waals surface area (Å²) in [6.45, 7) is 2.47. The molecule has 2 fully saturated rings. The van der Waals surface area contributed by atoms with Crippen LogP contribution in [0.4, 0.5) is 0 Å². The number of hydrogen-bond donors (Lipinski definition) is 1. The van der Waals surface area contributed by atoms with E-state index in [0.29, 0.717) is 6.04 Å². The summed E-state index contributed by atoms with van der Waals surface area (Å²) in [6.07, 6.45) is 4.14. The minimum atomic E-state index is 0.514. The molecule has 1 saturated heterocycles. The Labute approximate surface area is 68.7 Å². The average molecular weight is 154 g/mol. The molecule has 11 heavy (non-hydrogen) atoms. The lowest BCUT2D eigenvalue weighted by Gasteiger charge is -2.44. The summed E-state index contributed by atoms with van der Waals surface area (Å²) in [5.41, 5.74) is 6.12. The number of hydrogen-bond acceptors (Lipinski definition) is 2. The Morgan fingerprint density at radius 1 is 1.18 bits per heavy atom. The van der Waals surface area contributed by atoms with Gasteiger partial charge in [0.1, 0.15) is 0 Å². The first kappa shape index (κ1) is 7.56.